The van der Waals surface area contributed by atoms with Crippen LogP contribution in [-0.2, 0) is 6.54 Å². The van der Waals surface area contributed by atoms with Crippen LogP contribution in [-0.4, -0.2) is 34.7 Å². The Kier molecular flexibility index (Phi) is 3.56. The summed E-state index contributed by atoms with van der Waals surface area (Å²) in [5.41, 5.74) is 1.47. The van der Waals surface area contributed by atoms with Gasteiger partial charge in [0.25, 0.3) is 0 Å². The van der Waals surface area contributed by atoms with E-state index >= 15 is 0 Å². The molecule has 0 aromatic carbocycles. The predicted molar refractivity (Wildman–Crippen MR) is 63.9 cm³/mol. The van der Waals surface area contributed by atoms with Crippen molar-refractivity contribution < 1.29 is 5.11 Å². The van der Waals surface area contributed by atoms with E-state index < -0.39 is 0 Å². The van der Waals surface area contributed by atoms with Crippen LogP contribution in [0.25, 0.3) is 0 Å². The van der Waals surface area contributed by atoms with Crippen LogP contribution in [0.4, 0.5) is 0 Å². The van der Waals surface area contributed by atoms with Gasteiger partial charge in [-0.25, -0.2) is 0 Å². The lowest BCUT2D eigenvalue weighted by Crippen LogP contribution is -2.39. The molecule has 0 saturated carbocycles. The summed E-state index contributed by atoms with van der Waals surface area (Å²) in [6.45, 7) is 5.66. The molecule has 1 aromatic rings. The van der Waals surface area contributed by atoms with E-state index in [-0.39, 0.29) is 5.41 Å². The minimum atomic E-state index is 0.148. The Bertz CT molecular complexity index is 318. The number of rotatable bonds is 3. The summed E-state index contributed by atoms with van der Waals surface area (Å²) in [5, 5.41) is 9.30. The van der Waals surface area contributed by atoms with Crippen molar-refractivity contribution in [3.05, 3.63) is 30.1 Å². The van der Waals surface area contributed by atoms with Gasteiger partial charge in [-0.05, 0) is 49.0 Å². The van der Waals surface area contributed by atoms with Gasteiger partial charge in [-0.1, -0.05) is 6.92 Å². The first-order valence-electron chi connectivity index (χ1n) is 5.94. The maximum Gasteiger partial charge on any atom is 0.0485 e. The Morgan fingerprint density at radius 3 is 2.50 bits per heavy atom. The van der Waals surface area contributed by atoms with Gasteiger partial charge in [0, 0.05) is 25.5 Å². The van der Waals surface area contributed by atoms with Gasteiger partial charge in [-0.2, -0.15) is 0 Å². The molecule has 2 heterocycles. The van der Waals surface area contributed by atoms with Gasteiger partial charge in [0.15, 0.2) is 0 Å². The molecule has 0 bridgehead atoms. The maximum atomic E-state index is 9.30. The van der Waals surface area contributed by atoms with Crippen molar-refractivity contribution in [2.24, 2.45) is 5.41 Å². The minimum absolute atomic E-state index is 0.148. The fourth-order valence-electron chi connectivity index (χ4n) is 2.16. The second kappa shape index (κ2) is 4.93. The molecule has 1 aromatic heterocycles. The molecule has 1 aliphatic heterocycles. The largest absolute Gasteiger partial charge is 0.396 e. The van der Waals surface area contributed by atoms with E-state index in [1.807, 2.05) is 12.4 Å². The summed E-state index contributed by atoms with van der Waals surface area (Å²) in [5.74, 6) is 0. The average molecular weight is 220 g/mol. The summed E-state index contributed by atoms with van der Waals surface area (Å²) in [6, 6.07) is 4.14. The normalized spacial score (nSPS) is 20.9. The summed E-state index contributed by atoms with van der Waals surface area (Å²) < 4.78 is 0. The van der Waals surface area contributed by atoms with Crippen molar-refractivity contribution in [3.8, 4) is 0 Å². The van der Waals surface area contributed by atoms with Gasteiger partial charge in [0.05, 0.1) is 0 Å². The second-order valence-corrected chi connectivity index (χ2v) is 5.10. The monoisotopic (exact) mass is 220 g/mol. The number of aliphatic hydroxyl groups is 1. The van der Waals surface area contributed by atoms with E-state index in [0.29, 0.717) is 6.61 Å². The smallest absolute Gasteiger partial charge is 0.0485 e. The molecule has 0 unspecified atom stereocenters. The van der Waals surface area contributed by atoms with E-state index in [1.165, 1.54) is 5.56 Å². The van der Waals surface area contributed by atoms with Crippen molar-refractivity contribution in [3.63, 3.8) is 0 Å². The number of hydrogen-bond acceptors (Lipinski definition) is 3. The molecule has 88 valence electrons. The van der Waals surface area contributed by atoms with Crippen LogP contribution in [0, 0.1) is 5.41 Å². The second-order valence-electron chi connectivity index (χ2n) is 5.10. The van der Waals surface area contributed by atoms with E-state index in [1.54, 1.807) is 0 Å². The molecule has 1 N–H and O–H groups in total. The molecular formula is C13H20N2O. The Morgan fingerprint density at radius 1 is 1.31 bits per heavy atom. The highest BCUT2D eigenvalue weighted by Gasteiger charge is 2.28. The zero-order chi connectivity index (χ0) is 11.4. The lowest BCUT2D eigenvalue weighted by Gasteiger charge is -2.38. The molecule has 1 fully saturated rings. The SMILES string of the molecule is CC1(CO)CCN(Cc2ccncc2)CC1. The van der Waals surface area contributed by atoms with Crippen LogP contribution < -0.4 is 0 Å². The van der Waals surface area contributed by atoms with Gasteiger partial charge < -0.3 is 5.11 Å². The number of aliphatic hydroxyl groups excluding tert-OH is 1. The van der Waals surface area contributed by atoms with Crippen LogP contribution in [0.2, 0.25) is 0 Å². The molecule has 0 atom stereocenters. The Hall–Kier alpha value is -0.930. The average Bonchev–Trinajstić information content (AvgIpc) is 2.34. The summed E-state index contributed by atoms with van der Waals surface area (Å²) in [6.07, 6.45) is 5.87. The molecule has 3 heteroatoms. The van der Waals surface area contributed by atoms with Crippen molar-refractivity contribution >= 4 is 0 Å². The van der Waals surface area contributed by atoms with E-state index in [2.05, 4.69) is 28.9 Å². The van der Waals surface area contributed by atoms with E-state index in [4.69, 9.17) is 0 Å². The van der Waals surface area contributed by atoms with Gasteiger partial charge >= 0.3 is 0 Å². The molecule has 3 nitrogen and oxygen atoms in total. The van der Waals surface area contributed by atoms with Crippen LogP contribution in [0.1, 0.15) is 25.3 Å². The molecule has 1 saturated heterocycles. The molecule has 0 aliphatic carbocycles. The van der Waals surface area contributed by atoms with Crippen molar-refractivity contribution in [1.82, 2.24) is 9.88 Å². The third-order valence-electron chi connectivity index (χ3n) is 3.60. The molecule has 16 heavy (non-hydrogen) atoms. The number of pyridine rings is 1. The van der Waals surface area contributed by atoms with Gasteiger partial charge in [-0.3, -0.25) is 9.88 Å². The highest BCUT2D eigenvalue weighted by atomic mass is 16.3. The molecule has 0 radical (unpaired) electrons. The fraction of sp³-hybridized carbons (Fsp3) is 0.615. The van der Waals surface area contributed by atoms with Crippen molar-refractivity contribution in [2.45, 2.75) is 26.3 Å². The first-order valence-corrected chi connectivity index (χ1v) is 5.94. The highest BCUT2D eigenvalue weighted by Crippen LogP contribution is 2.30. The third-order valence-corrected chi connectivity index (χ3v) is 3.60. The minimum Gasteiger partial charge on any atom is -0.396 e. The topological polar surface area (TPSA) is 36.4 Å². The van der Waals surface area contributed by atoms with Crippen LogP contribution in [0.15, 0.2) is 24.5 Å². The number of aromatic nitrogens is 1. The van der Waals surface area contributed by atoms with Gasteiger partial charge in [0.2, 0.25) is 0 Å². The lowest BCUT2D eigenvalue weighted by atomic mass is 9.81. The summed E-state index contributed by atoms with van der Waals surface area (Å²) >= 11 is 0. The quantitative estimate of drug-likeness (QED) is 0.842. The molecule has 0 amide bonds. The fourth-order valence-corrected chi connectivity index (χ4v) is 2.16. The summed E-state index contributed by atoms with van der Waals surface area (Å²) in [7, 11) is 0. The van der Waals surface area contributed by atoms with Crippen molar-refractivity contribution in [2.75, 3.05) is 19.7 Å². The Morgan fingerprint density at radius 2 is 1.94 bits per heavy atom. The van der Waals surface area contributed by atoms with E-state index in [0.717, 1.165) is 32.5 Å². The predicted octanol–water partition coefficient (Wildman–Crippen LogP) is 1.68. The number of hydrogen-bond donors (Lipinski definition) is 1. The lowest BCUT2D eigenvalue weighted by molar-refractivity contribution is 0.0557. The van der Waals surface area contributed by atoms with Crippen LogP contribution in [0.5, 0.6) is 0 Å². The van der Waals surface area contributed by atoms with Gasteiger partial charge in [0.1, 0.15) is 0 Å². The maximum absolute atomic E-state index is 9.30. The number of likely N-dealkylation sites (tertiary alicyclic amines) is 1. The van der Waals surface area contributed by atoms with E-state index in [9.17, 15) is 5.11 Å². The highest BCUT2D eigenvalue weighted by molar-refractivity contribution is 5.09. The molecule has 2 rings (SSSR count). The molecular weight excluding hydrogens is 200 g/mol. The Labute approximate surface area is 97.1 Å². The van der Waals surface area contributed by atoms with Crippen LogP contribution >= 0.6 is 0 Å². The first-order chi connectivity index (χ1) is 7.72. The van der Waals surface area contributed by atoms with Gasteiger partial charge in [-0.15, -0.1) is 0 Å². The van der Waals surface area contributed by atoms with Crippen LogP contribution in [0.3, 0.4) is 0 Å². The number of nitrogens with zero attached hydrogens (tertiary/aromatic N) is 2. The molecule has 0 spiro atoms. The zero-order valence-corrected chi connectivity index (χ0v) is 9.89. The summed E-state index contributed by atoms with van der Waals surface area (Å²) in [4.78, 5) is 6.47. The number of piperidine rings is 1. The third kappa shape index (κ3) is 2.80. The zero-order valence-electron chi connectivity index (χ0n) is 9.89. The first kappa shape index (κ1) is 11.6. The Balaban J connectivity index is 1.86. The van der Waals surface area contributed by atoms with Crippen molar-refractivity contribution in [1.29, 1.82) is 0 Å². The molecule has 1 aliphatic rings. The standard InChI is InChI=1S/C13H20N2O/c1-13(11-16)4-8-15(9-5-13)10-12-2-6-14-7-3-12/h2-3,6-7,16H,4-5,8-11H2,1H3.